The molecule has 0 amide bonds. The molecule has 1 aliphatic heterocycles. The van der Waals surface area contributed by atoms with Crippen LogP contribution < -0.4 is 4.90 Å². The smallest absolute Gasteiger partial charge is 0.163 e. The SMILES string of the molecule is CC1CN(c2ncnc3c2cnn3CCO)CCO1. The van der Waals surface area contributed by atoms with Gasteiger partial charge in [-0.3, -0.25) is 0 Å². The fourth-order valence-electron chi connectivity index (χ4n) is 2.40. The van der Waals surface area contributed by atoms with E-state index in [4.69, 9.17) is 9.84 Å². The molecular weight excluding hydrogens is 246 g/mol. The molecule has 2 aromatic rings. The van der Waals surface area contributed by atoms with E-state index in [1.54, 1.807) is 17.2 Å². The molecule has 1 atom stereocenters. The van der Waals surface area contributed by atoms with E-state index in [-0.39, 0.29) is 12.7 Å². The number of aliphatic hydroxyl groups is 1. The highest BCUT2D eigenvalue weighted by molar-refractivity contribution is 5.86. The van der Waals surface area contributed by atoms with Gasteiger partial charge in [0.25, 0.3) is 0 Å². The molecule has 3 rings (SSSR count). The van der Waals surface area contributed by atoms with Crippen molar-refractivity contribution in [1.82, 2.24) is 19.7 Å². The van der Waals surface area contributed by atoms with Crippen molar-refractivity contribution in [2.75, 3.05) is 31.2 Å². The van der Waals surface area contributed by atoms with Crippen molar-refractivity contribution in [2.24, 2.45) is 0 Å². The van der Waals surface area contributed by atoms with Crippen molar-refractivity contribution in [3.8, 4) is 0 Å². The number of ether oxygens (including phenoxy) is 1. The number of nitrogens with zero attached hydrogens (tertiary/aromatic N) is 5. The Kier molecular flexibility index (Phi) is 3.31. The molecule has 0 aromatic carbocycles. The summed E-state index contributed by atoms with van der Waals surface area (Å²) in [4.78, 5) is 10.8. The Morgan fingerprint density at radius 2 is 2.37 bits per heavy atom. The average Bonchev–Trinajstić information content (AvgIpc) is 2.83. The largest absolute Gasteiger partial charge is 0.394 e. The molecule has 0 bridgehead atoms. The Balaban J connectivity index is 1.99. The fourth-order valence-corrected chi connectivity index (χ4v) is 2.40. The fraction of sp³-hybridized carbons (Fsp3) is 0.583. The summed E-state index contributed by atoms with van der Waals surface area (Å²) < 4.78 is 7.25. The van der Waals surface area contributed by atoms with Crippen LogP contribution in [0.1, 0.15) is 6.92 Å². The van der Waals surface area contributed by atoms with Crippen molar-refractivity contribution in [3.63, 3.8) is 0 Å². The predicted octanol–water partition coefficient (Wildman–Crippen LogP) is 0.0437. The van der Waals surface area contributed by atoms with Crippen molar-refractivity contribution in [2.45, 2.75) is 19.6 Å². The number of fused-ring (bicyclic) bond motifs is 1. The molecule has 2 aromatic heterocycles. The van der Waals surface area contributed by atoms with Gasteiger partial charge in [0.2, 0.25) is 0 Å². The lowest BCUT2D eigenvalue weighted by Gasteiger charge is -2.32. The normalized spacial score (nSPS) is 20.1. The van der Waals surface area contributed by atoms with Gasteiger partial charge in [-0.2, -0.15) is 5.10 Å². The summed E-state index contributed by atoms with van der Waals surface area (Å²) in [6.07, 6.45) is 3.51. The summed E-state index contributed by atoms with van der Waals surface area (Å²) in [5.41, 5.74) is 0.762. The zero-order chi connectivity index (χ0) is 13.2. The number of anilines is 1. The highest BCUT2D eigenvalue weighted by atomic mass is 16.5. The van der Waals surface area contributed by atoms with Gasteiger partial charge in [-0.05, 0) is 6.92 Å². The van der Waals surface area contributed by atoms with Gasteiger partial charge in [-0.1, -0.05) is 0 Å². The second-order valence-corrected chi connectivity index (χ2v) is 4.65. The van der Waals surface area contributed by atoms with Gasteiger partial charge in [-0.25, -0.2) is 14.6 Å². The third-order valence-corrected chi connectivity index (χ3v) is 3.26. The molecule has 1 saturated heterocycles. The molecule has 0 saturated carbocycles. The van der Waals surface area contributed by atoms with Gasteiger partial charge in [0.15, 0.2) is 5.65 Å². The number of hydrogen-bond donors (Lipinski definition) is 1. The first-order valence-electron chi connectivity index (χ1n) is 6.43. The van der Waals surface area contributed by atoms with Crippen LogP contribution >= 0.6 is 0 Å². The maximum Gasteiger partial charge on any atom is 0.163 e. The van der Waals surface area contributed by atoms with E-state index < -0.39 is 0 Å². The number of hydrogen-bond acceptors (Lipinski definition) is 6. The minimum atomic E-state index is 0.0463. The van der Waals surface area contributed by atoms with Crippen LogP contribution in [0, 0.1) is 0 Å². The van der Waals surface area contributed by atoms with E-state index in [1.807, 2.05) is 0 Å². The first kappa shape index (κ1) is 12.3. The van der Waals surface area contributed by atoms with Crippen LogP contribution in [0.4, 0.5) is 5.82 Å². The molecule has 19 heavy (non-hydrogen) atoms. The Morgan fingerprint density at radius 1 is 1.47 bits per heavy atom. The van der Waals surface area contributed by atoms with E-state index in [2.05, 4.69) is 26.9 Å². The van der Waals surface area contributed by atoms with Gasteiger partial charge in [0.05, 0.1) is 37.4 Å². The summed E-state index contributed by atoms with van der Waals surface area (Å²) in [6.45, 7) is 4.89. The molecule has 1 aliphatic rings. The van der Waals surface area contributed by atoms with Crippen molar-refractivity contribution >= 4 is 16.9 Å². The van der Waals surface area contributed by atoms with Crippen LogP contribution in [-0.2, 0) is 11.3 Å². The van der Waals surface area contributed by atoms with Crippen LogP contribution in [0.25, 0.3) is 11.0 Å². The number of rotatable bonds is 3. The topological polar surface area (TPSA) is 76.3 Å². The first-order valence-corrected chi connectivity index (χ1v) is 6.43. The number of aliphatic hydroxyl groups excluding tert-OH is 1. The Bertz CT molecular complexity index is 570. The molecule has 102 valence electrons. The molecule has 1 fully saturated rings. The molecule has 1 unspecified atom stereocenters. The van der Waals surface area contributed by atoms with Crippen LogP contribution in [0.15, 0.2) is 12.5 Å². The Morgan fingerprint density at radius 3 is 3.16 bits per heavy atom. The third kappa shape index (κ3) is 2.26. The minimum absolute atomic E-state index is 0.0463. The van der Waals surface area contributed by atoms with Crippen molar-refractivity contribution in [1.29, 1.82) is 0 Å². The molecule has 1 N–H and O–H groups in total. The van der Waals surface area contributed by atoms with Crippen molar-refractivity contribution in [3.05, 3.63) is 12.5 Å². The Labute approximate surface area is 110 Å². The second kappa shape index (κ2) is 5.10. The molecule has 3 heterocycles. The quantitative estimate of drug-likeness (QED) is 0.843. The van der Waals surface area contributed by atoms with Gasteiger partial charge in [-0.15, -0.1) is 0 Å². The molecule has 0 radical (unpaired) electrons. The van der Waals surface area contributed by atoms with Crippen LogP contribution in [-0.4, -0.2) is 57.3 Å². The van der Waals surface area contributed by atoms with Crippen molar-refractivity contribution < 1.29 is 9.84 Å². The Hall–Kier alpha value is -1.73. The van der Waals surface area contributed by atoms with Crippen LogP contribution in [0.2, 0.25) is 0 Å². The molecule has 7 nitrogen and oxygen atoms in total. The maximum absolute atomic E-state index is 9.02. The lowest BCUT2D eigenvalue weighted by molar-refractivity contribution is 0.0530. The molecule has 0 spiro atoms. The summed E-state index contributed by atoms with van der Waals surface area (Å²) in [7, 11) is 0. The van der Waals surface area contributed by atoms with Crippen LogP contribution in [0.5, 0.6) is 0 Å². The van der Waals surface area contributed by atoms with Gasteiger partial charge >= 0.3 is 0 Å². The standard InChI is InChI=1S/C12H17N5O2/c1-9-7-16(3-5-19-9)11-10-6-15-17(2-4-18)12(10)14-8-13-11/h6,8-9,18H,2-5,7H2,1H3. The first-order chi connectivity index (χ1) is 9.29. The third-order valence-electron chi connectivity index (χ3n) is 3.26. The molecular formula is C12H17N5O2. The monoisotopic (exact) mass is 263 g/mol. The summed E-state index contributed by atoms with van der Waals surface area (Å²) in [5, 5.41) is 14.2. The highest BCUT2D eigenvalue weighted by Gasteiger charge is 2.21. The average molecular weight is 263 g/mol. The van der Waals surface area contributed by atoms with Gasteiger partial charge in [0.1, 0.15) is 12.1 Å². The predicted molar refractivity (Wildman–Crippen MR) is 70.0 cm³/mol. The zero-order valence-electron chi connectivity index (χ0n) is 10.9. The lowest BCUT2D eigenvalue weighted by Crippen LogP contribution is -2.41. The van der Waals surface area contributed by atoms with Gasteiger partial charge in [0, 0.05) is 13.1 Å². The van der Waals surface area contributed by atoms with E-state index in [1.165, 1.54) is 0 Å². The second-order valence-electron chi connectivity index (χ2n) is 4.65. The molecule has 7 heteroatoms. The lowest BCUT2D eigenvalue weighted by atomic mass is 10.2. The summed E-state index contributed by atoms with van der Waals surface area (Å²) >= 11 is 0. The van der Waals surface area contributed by atoms with E-state index in [9.17, 15) is 0 Å². The number of morpholine rings is 1. The number of aromatic nitrogens is 4. The van der Waals surface area contributed by atoms with E-state index in [0.717, 1.165) is 29.9 Å². The maximum atomic E-state index is 9.02. The van der Waals surface area contributed by atoms with E-state index >= 15 is 0 Å². The van der Waals surface area contributed by atoms with Gasteiger partial charge < -0.3 is 14.7 Å². The van der Waals surface area contributed by atoms with E-state index in [0.29, 0.717) is 13.2 Å². The zero-order valence-corrected chi connectivity index (χ0v) is 10.9. The summed E-state index contributed by atoms with van der Waals surface area (Å²) in [5.74, 6) is 0.893. The minimum Gasteiger partial charge on any atom is -0.394 e. The highest BCUT2D eigenvalue weighted by Crippen LogP contribution is 2.24. The summed E-state index contributed by atoms with van der Waals surface area (Å²) in [6, 6.07) is 0. The molecule has 0 aliphatic carbocycles. The van der Waals surface area contributed by atoms with Crippen LogP contribution in [0.3, 0.4) is 0 Å².